The Kier molecular flexibility index (Phi) is 11.7. The SMILES string of the molecule is CC1(C)c2cc(/C=C/c3ccc4c5cccc6c(/C=C/c7ccc8c(c7)C(C)(C)c7cc(N(c9ccccc9)c9ccc%10ccccc%10c9)ccc7-8)ccc(c7cccc3c74)c65)ccc2-c2ccc(N(c3ccccc3)c3ccc4ccccc4c3)cc21. The second kappa shape index (κ2) is 19.9. The number of para-hydroxylation sites is 2. The molecule has 0 heterocycles. The Morgan fingerprint density at radius 3 is 1.01 bits per heavy atom. The second-order valence-electron chi connectivity index (χ2n) is 25.3. The van der Waals surface area contributed by atoms with Gasteiger partial charge in [-0.05, 0) is 204 Å². The first-order valence-electron chi connectivity index (χ1n) is 30.9. The summed E-state index contributed by atoms with van der Waals surface area (Å²) in [7, 11) is 0. The number of hydrogen-bond acceptors (Lipinski definition) is 2. The first kappa shape index (κ1) is 51.6. The number of fused-ring (bicyclic) bond motifs is 10. The van der Waals surface area contributed by atoms with Crippen molar-refractivity contribution in [1.82, 2.24) is 0 Å². The van der Waals surface area contributed by atoms with Crippen molar-refractivity contribution in [2.45, 2.75) is 38.5 Å². The summed E-state index contributed by atoms with van der Waals surface area (Å²) in [5.74, 6) is 0. The zero-order valence-electron chi connectivity index (χ0n) is 49.8. The van der Waals surface area contributed by atoms with Crippen molar-refractivity contribution in [2.75, 3.05) is 9.80 Å². The molecule has 0 N–H and O–H groups in total. The number of rotatable bonds is 10. The van der Waals surface area contributed by atoms with Crippen molar-refractivity contribution >= 4 is 123 Å². The lowest BCUT2D eigenvalue weighted by Gasteiger charge is -2.28. The Labute approximate surface area is 514 Å². The molecule has 0 atom stereocenters. The van der Waals surface area contributed by atoms with E-state index >= 15 is 0 Å². The minimum Gasteiger partial charge on any atom is -0.310 e. The number of benzene rings is 15. The molecule has 17 rings (SSSR count). The summed E-state index contributed by atoms with van der Waals surface area (Å²) < 4.78 is 0. The highest BCUT2D eigenvalue weighted by Crippen LogP contribution is 2.54. The van der Waals surface area contributed by atoms with Gasteiger partial charge in [0.1, 0.15) is 0 Å². The van der Waals surface area contributed by atoms with Crippen molar-refractivity contribution in [3.8, 4) is 22.3 Å². The molecular weight excluding hydrogens is 1060 g/mol. The van der Waals surface area contributed by atoms with Crippen LogP contribution in [-0.2, 0) is 10.8 Å². The predicted molar refractivity (Wildman–Crippen MR) is 378 cm³/mol. The van der Waals surface area contributed by atoms with Crippen LogP contribution >= 0.6 is 0 Å². The summed E-state index contributed by atoms with van der Waals surface area (Å²) >= 11 is 0. The summed E-state index contributed by atoms with van der Waals surface area (Å²) in [5.41, 5.74) is 21.9. The maximum Gasteiger partial charge on any atom is 0.0468 e. The van der Waals surface area contributed by atoms with E-state index in [0.717, 1.165) is 34.1 Å². The van der Waals surface area contributed by atoms with Crippen molar-refractivity contribution < 1.29 is 0 Å². The summed E-state index contributed by atoms with van der Waals surface area (Å²) in [5, 5.41) is 15.3. The van der Waals surface area contributed by atoms with Gasteiger partial charge in [0.05, 0.1) is 0 Å². The molecule has 0 spiro atoms. The van der Waals surface area contributed by atoms with Crippen LogP contribution < -0.4 is 9.80 Å². The molecule has 0 unspecified atom stereocenters. The monoisotopic (exact) mass is 1120 g/mol. The molecule has 15 aromatic rings. The second-order valence-corrected chi connectivity index (χ2v) is 25.3. The molecule has 416 valence electrons. The Morgan fingerprint density at radius 2 is 0.580 bits per heavy atom. The molecule has 2 aliphatic carbocycles. The van der Waals surface area contributed by atoms with Crippen LogP contribution in [0.1, 0.15) is 72.2 Å². The Morgan fingerprint density at radius 1 is 0.239 bits per heavy atom. The van der Waals surface area contributed by atoms with Crippen LogP contribution in [0.4, 0.5) is 34.1 Å². The highest BCUT2D eigenvalue weighted by Gasteiger charge is 2.38. The normalized spacial score (nSPS) is 13.8. The third-order valence-electron chi connectivity index (χ3n) is 19.5. The molecule has 0 amide bonds. The highest BCUT2D eigenvalue weighted by atomic mass is 15.1. The van der Waals surface area contributed by atoms with Crippen LogP contribution in [0.25, 0.3) is 111 Å². The molecule has 2 nitrogen and oxygen atoms in total. The largest absolute Gasteiger partial charge is 0.310 e. The van der Waals surface area contributed by atoms with E-state index < -0.39 is 0 Å². The minimum absolute atomic E-state index is 0.203. The Balaban J connectivity index is 0.664. The molecule has 0 saturated heterocycles. The van der Waals surface area contributed by atoms with Crippen molar-refractivity contribution in [1.29, 1.82) is 0 Å². The van der Waals surface area contributed by atoms with E-state index in [9.17, 15) is 0 Å². The van der Waals surface area contributed by atoms with Crippen molar-refractivity contribution in [2.24, 2.45) is 0 Å². The Bertz CT molecular complexity index is 5030. The van der Waals surface area contributed by atoms with Crippen molar-refractivity contribution in [3.63, 3.8) is 0 Å². The Hall–Kier alpha value is -10.8. The van der Waals surface area contributed by atoms with Crippen LogP contribution in [0.2, 0.25) is 0 Å². The third kappa shape index (κ3) is 8.16. The fraction of sp³-hybridized carbons (Fsp3) is 0.0698. The molecule has 2 heteroatoms. The van der Waals surface area contributed by atoms with Crippen LogP contribution in [0, 0.1) is 0 Å². The average Bonchev–Trinajstić information content (AvgIpc) is 1.11. The fourth-order valence-corrected chi connectivity index (χ4v) is 15.1. The molecule has 88 heavy (non-hydrogen) atoms. The van der Waals surface area contributed by atoms with Gasteiger partial charge in [-0.25, -0.2) is 0 Å². The minimum atomic E-state index is -0.203. The summed E-state index contributed by atoms with van der Waals surface area (Å²) in [6.07, 6.45) is 9.27. The van der Waals surface area contributed by atoms with Gasteiger partial charge in [0.25, 0.3) is 0 Å². The van der Waals surface area contributed by atoms with Gasteiger partial charge >= 0.3 is 0 Å². The molecule has 0 saturated carbocycles. The molecule has 0 aromatic heterocycles. The van der Waals surface area contributed by atoms with Crippen LogP contribution in [0.5, 0.6) is 0 Å². The first-order valence-corrected chi connectivity index (χ1v) is 30.9. The molecule has 0 fully saturated rings. The van der Waals surface area contributed by atoms with E-state index in [1.807, 2.05) is 0 Å². The van der Waals surface area contributed by atoms with Gasteiger partial charge < -0.3 is 9.80 Å². The first-order chi connectivity index (χ1) is 43.1. The standard InChI is InChI=1S/C86H62N2/c1-85(2)79-49-55(31-43-71(79)73-47-41-67(53-81(73)85)87(63-21-7-5-8-22-63)65-39-35-57-17-11-13-19-61(57)51-65)29-33-59-37-45-77-76-28-16-26-70-60(38-46-78(84(70)76)75-27-15-25-69(59)83(75)77)34-30-56-32-44-72-74-48-42-68(54-82(74)86(3,4)80(72)50-56)88(64-23-9-6-10-24-64)66-40-36-58-18-12-14-20-62(58)52-66/h5-54H,1-4H3/b33-29+,34-30+. The molecular formula is C86H62N2. The van der Waals surface area contributed by atoms with Crippen LogP contribution in [0.3, 0.4) is 0 Å². The van der Waals surface area contributed by atoms with Gasteiger partial charge in [-0.2, -0.15) is 0 Å². The van der Waals surface area contributed by atoms with Gasteiger partial charge in [0.2, 0.25) is 0 Å². The van der Waals surface area contributed by atoms with Crippen molar-refractivity contribution in [3.05, 3.63) is 324 Å². The average molecular weight is 1120 g/mol. The topological polar surface area (TPSA) is 6.48 Å². The number of anilines is 6. The zero-order chi connectivity index (χ0) is 58.8. The van der Waals surface area contributed by atoms with E-state index in [0.29, 0.717) is 0 Å². The number of nitrogens with zero attached hydrogens (tertiary/aromatic N) is 2. The highest BCUT2D eigenvalue weighted by molar-refractivity contribution is 6.34. The summed E-state index contributed by atoms with van der Waals surface area (Å²) in [4.78, 5) is 4.79. The van der Waals surface area contributed by atoms with Gasteiger partial charge in [-0.15, -0.1) is 0 Å². The molecule has 0 radical (unpaired) electrons. The predicted octanol–water partition coefficient (Wildman–Crippen LogP) is 23.9. The van der Waals surface area contributed by atoms with Gasteiger partial charge in [0.15, 0.2) is 0 Å². The maximum atomic E-state index is 2.43. The smallest absolute Gasteiger partial charge is 0.0468 e. The third-order valence-corrected chi connectivity index (χ3v) is 19.5. The van der Waals surface area contributed by atoms with Crippen LogP contribution in [-0.4, -0.2) is 0 Å². The quantitative estimate of drug-likeness (QED) is 0.0765. The van der Waals surface area contributed by atoms with Crippen LogP contribution in [0.15, 0.2) is 279 Å². The van der Waals surface area contributed by atoms with E-state index in [4.69, 9.17) is 0 Å². The van der Waals surface area contributed by atoms with Gasteiger partial charge in [0, 0.05) is 45.0 Å². The molecule has 2 aliphatic rings. The molecule has 0 aliphatic heterocycles. The molecule has 0 bridgehead atoms. The lowest BCUT2D eigenvalue weighted by Crippen LogP contribution is -2.16. The van der Waals surface area contributed by atoms with E-state index in [2.05, 4.69) is 341 Å². The van der Waals surface area contributed by atoms with Gasteiger partial charge in [-0.3, -0.25) is 0 Å². The fourth-order valence-electron chi connectivity index (χ4n) is 15.1. The summed E-state index contributed by atoms with van der Waals surface area (Å²) in [6.45, 7) is 9.55. The molecule has 15 aromatic carbocycles. The summed E-state index contributed by atoms with van der Waals surface area (Å²) in [6, 6.07) is 104. The zero-order valence-corrected chi connectivity index (χ0v) is 49.8. The maximum absolute atomic E-state index is 2.43. The number of hydrogen-bond donors (Lipinski definition) is 0. The van der Waals surface area contributed by atoms with E-state index in [-0.39, 0.29) is 10.8 Å². The van der Waals surface area contributed by atoms with Gasteiger partial charge in [-0.1, -0.05) is 258 Å². The van der Waals surface area contributed by atoms with E-state index in [1.165, 1.54) is 131 Å². The lowest BCUT2D eigenvalue weighted by atomic mass is 9.81. The van der Waals surface area contributed by atoms with E-state index in [1.54, 1.807) is 0 Å². The lowest BCUT2D eigenvalue weighted by molar-refractivity contribution is 0.660.